The lowest BCUT2D eigenvalue weighted by Crippen LogP contribution is -2.35. The van der Waals surface area contributed by atoms with Crippen LogP contribution in [-0.2, 0) is 30.8 Å². The molecule has 1 N–H and O–H groups in total. The summed E-state index contributed by atoms with van der Waals surface area (Å²) in [5.41, 5.74) is 1.68. The fraction of sp³-hybridized carbons (Fsp3) is 0.333. The monoisotopic (exact) mass is 434 g/mol. The molecule has 0 saturated carbocycles. The molecule has 3 rings (SSSR count). The molecule has 0 bridgehead atoms. The lowest BCUT2D eigenvalue weighted by molar-refractivity contribution is -0.150. The molecule has 1 heterocycles. The van der Waals surface area contributed by atoms with Crippen LogP contribution in [0.2, 0.25) is 0 Å². The summed E-state index contributed by atoms with van der Waals surface area (Å²) in [6, 6.07) is 9.69. The molecule has 2 aromatic carbocycles. The van der Waals surface area contributed by atoms with Crippen LogP contribution in [0, 0.1) is 11.7 Å². The zero-order valence-electron chi connectivity index (χ0n) is 16.7. The van der Waals surface area contributed by atoms with E-state index in [1.54, 1.807) is 32.0 Å². The Balaban J connectivity index is 1.82. The van der Waals surface area contributed by atoms with E-state index >= 15 is 0 Å². The van der Waals surface area contributed by atoms with E-state index in [0.29, 0.717) is 24.2 Å². The van der Waals surface area contributed by atoms with Crippen LogP contribution in [0.3, 0.4) is 0 Å². The van der Waals surface area contributed by atoms with Gasteiger partial charge in [0, 0.05) is 12.2 Å². The number of hydrogen-bond donors (Lipinski definition) is 1. The molecule has 1 aliphatic rings. The molecule has 2 aromatic rings. The number of carbonyl (C=O) groups excluding carboxylic acids is 2. The summed E-state index contributed by atoms with van der Waals surface area (Å²) in [6.45, 7) is 3.18. The highest BCUT2D eigenvalue weighted by atomic mass is 32.2. The number of nitrogens with one attached hydrogen (secondary N) is 1. The maximum absolute atomic E-state index is 13.2. The van der Waals surface area contributed by atoms with E-state index in [2.05, 4.69) is 5.32 Å². The lowest BCUT2D eigenvalue weighted by Gasteiger charge is -2.31. The number of esters is 1. The Kier molecular flexibility index (Phi) is 6.40. The van der Waals surface area contributed by atoms with Gasteiger partial charge in [0.1, 0.15) is 5.82 Å². The fourth-order valence-corrected chi connectivity index (χ4v) is 4.64. The quantitative estimate of drug-likeness (QED) is 0.706. The normalized spacial score (nSPS) is 13.7. The Morgan fingerprint density at radius 1 is 1.17 bits per heavy atom. The number of ether oxygens (including phenoxy) is 1. The third-order valence-corrected chi connectivity index (χ3v) is 6.49. The van der Waals surface area contributed by atoms with Crippen LogP contribution >= 0.6 is 0 Å². The summed E-state index contributed by atoms with van der Waals surface area (Å²) in [4.78, 5) is 23.6. The highest BCUT2D eigenvalue weighted by Crippen LogP contribution is 2.34. The molecule has 0 unspecified atom stereocenters. The third-order valence-electron chi connectivity index (χ3n) is 4.66. The summed E-state index contributed by atoms with van der Waals surface area (Å²) >= 11 is 0. The predicted molar refractivity (Wildman–Crippen MR) is 110 cm³/mol. The van der Waals surface area contributed by atoms with Crippen LogP contribution in [-0.4, -0.2) is 33.4 Å². The molecule has 160 valence electrons. The van der Waals surface area contributed by atoms with E-state index in [4.69, 9.17) is 4.74 Å². The number of hydrogen-bond acceptors (Lipinski definition) is 5. The van der Waals surface area contributed by atoms with E-state index in [1.807, 2.05) is 0 Å². The number of sulfonamides is 1. The Morgan fingerprint density at radius 2 is 1.87 bits per heavy atom. The minimum Gasteiger partial charge on any atom is -0.455 e. The Labute approximate surface area is 174 Å². The van der Waals surface area contributed by atoms with Crippen molar-refractivity contribution < 1.29 is 27.1 Å². The van der Waals surface area contributed by atoms with Gasteiger partial charge >= 0.3 is 5.97 Å². The van der Waals surface area contributed by atoms with Crippen LogP contribution in [0.25, 0.3) is 0 Å². The SMILES string of the molecule is CC(C)C(=O)OCC(=O)Nc1ccc2c(c1)N(S(=O)(=O)c1ccc(F)cc1)CCC2. The predicted octanol–water partition coefficient (Wildman–Crippen LogP) is 3.10. The summed E-state index contributed by atoms with van der Waals surface area (Å²) in [6.07, 6.45) is 1.34. The van der Waals surface area contributed by atoms with Crippen LogP contribution in [0.5, 0.6) is 0 Å². The Morgan fingerprint density at radius 3 is 2.53 bits per heavy atom. The molecule has 1 aliphatic heterocycles. The summed E-state index contributed by atoms with van der Waals surface area (Å²) < 4.78 is 45.6. The van der Waals surface area contributed by atoms with Gasteiger partial charge in [0.25, 0.3) is 15.9 Å². The molecule has 0 spiro atoms. The summed E-state index contributed by atoms with van der Waals surface area (Å²) in [5, 5.41) is 2.62. The van der Waals surface area contributed by atoms with Crippen molar-refractivity contribution in [2.24, 2.45) is 5.92 Å². The van der Waals surface area contributed by atoms with E-state index in [1.165, 1.54) is 16.4 Å². The van der Waals surface area contributed by atoms with Gasteiger partial charge in [0.2, 0.25) is 0 Å². The fourth-order valence-electron chi connectivity index (χ4n) is 3.10. The number of anilines is 2. The molecule has 0 fully saturated rings. The first-order chi connectivity index (χ1) is 14.2. The topological polar surface area (TPSA) is 92.8 Å². The summed E-state index contributed by atoms with van der Waals surface area (Å²) in [7, 11) is -3.88. The molecule has 1 amide bonds. The van der Waals surface area contributed by atoms with Gasteiger partial charge in [-0.3, -0.25) is 13.9 Å². The first kappa shape index (κ1) is 21.8. The second-order valence-corrected chi connectivity index (χ2v) is 9.15. The van der Waals surface area contributed by atoms with Crippen molar-refractivity contribution in [3.8, 4) is 0 Å². The standard InChI is InChI=1S/C21H23FN2O5S/c1-14(2)21(26)29-13-20(25)23-17-8-5-15-4-3-11-24(19(15)12-17)30(27,28)18-9-6-16(22)7-10-18/h5-10,12,14H,3-4,11,13H2,1-2H3,(H,23,25). The van der Waals surface area contributed by atoms with E-state index in [-0.39, 0.29) is 17.4 Å². The number of rotatable bonds is 6. The molecule has 0 saturated heterocycles. The number of carbonyl (C=O) groups is 2. The first-order valence-electron chi connectivity index (χ1n) is 9.56. The number of benzene rings is 2. The average molecular weight is 434 g/mol. The van der Waals surface area contributed by atoms with E-state index < -0.39 is 34.3 Å². The minimum absolute atomic E-state index is 0.00761. The molecular weight excluding hydrogens is 411 g/mol. The van der Waals surface area contributed by atoms with Gasteiger partial charge in [-0.25, -0.2) is 12.8 Å². The van der Waals surface area contributed by atoms with Crippen molar-refractivity contribution in [3.63, 3.8) is 0 Å². The van der Waals surface area contributed by atoms with Gasteiger partial charge in [-0.1, -0.05) is 19.9 Å². The van der Waals surface area contributed by atoms with Crippen molar-refractivity contribution in [2.75, 3.05) is 22.8 Å². The Bertz CT molecular complexity index is 1050. The van der Waals surface area contributed by atoms with Crippen LogP contribution in [0.1, 0.15) is 25.8 Å². The molecule has 0 atom stereocenters. The first-order valence-corrected chi connectivity index (χ1v) is 11.0. The van der Waals surface area contributed by atoms with Crippen LogP contribution in [0.15, 0.2) is 47.4 Å². The largest absolute Gasteiger partial charge is 0.455 e. The molecule has 0 aliphatic carbocycles. The highest BCUT2D eigenvalue weighted by Gasteiger charge is 2.29. The van der Waals surface area contributed by atoms with Crippen LogP contribution in [0.4, 0.5) is 15.8 Å². The van der Waals surface area contributed by atoms with E-state index in [0.717, 1.165) is 17.7 Å². The van der Waals surface area contributed by atoms with Crippen molar-refractivity contribution in [3.05, 3.63) is 53.8 Å². The van der Waals surface area contributed by atoms with Crippen molar-refractivity contribution in [1.82, 2.24) is 0 Å². The number of aryl methyl sites for hydroxylation is 1. The maximum atomic E-state index is 13.2. The van der Waals surface area contributed by atoms with Crippen molar-refractivity contribution >= 4 is 33.3 Å². The molecule has 0 radical (unpaired) electrons. The zero-order valence-corrected chi connectivity index (χ0v) is 17.5. The molecule has 9 heteroatoms. The molecule has 0 aromatic heterocycles. The van der Waals surface area contributed by atoms with Gasteiger partial charge in [-0.05, 0) is 54.8 Å². The number of amides is 1. The molecular formula is C21H23FN2O5S. The minimum atomic E-state index is -3.88. The number of fused-ring (bicyclic) bond motifs is 1. The van der Waals surface area contributed by atoms with Crippen molar-refractivity contribution in [1.29, 1.82) is 0 Å². The average Bonchev–Trinajstić information content (AvgIpc) is 2.71. The van der Waals surface area contributed by atoms with Gasteiger partial charge in [0.15, 0.2) is 6.61 Å². The van der Waals surface area contributed by atoms with Crippen molar-refractivity contribution in [2.45, 2.75) is 31.6 Å². The highest BCUT2D eigenvalue weighted by molar-refractivity contribution is 7.92. The van der Waals surface area contributed by atoms with E-state index in [9.17, 15) is 22.4 Å². The van der Waals surface area contributed by atoms with Gasteiger partial charge in [-0.15, -0.1) is 0 Å². The van der Waals surface area contributed by atoms with Gasteiger partial charge in [0.05, 0.1) is 16.5 Å². The smallest absolute Gasteiger partial charge is 0.308 e. The second kappa shape index (κ2) is 8.83. The molecule has 30 heavy (non-hydrogen) atoms. The van der Waals surface area contributed by atoms with Gasteiger partial charge in [-0.2, -0.15) is 0 Å². The zero-order chi connectivity index (χ0) is 21.9. The molecule has 7 nitrogen and oxygen atoms in total. The maximum Gasteiger partial charge on any atom is 0.308 e. The lowest BCUT2D eigenvalue weighted by atomic mass is 10.0. The second-order valence-electron chi connectivity index (χ2n) is 7.29. The Hall–Kier alpha value is -2.94. The third kappa shape index (κ3) is 4.79. The number of halogens is 1. The summed E-state index contributed by atoms with van der Waals surface area (Å²) in [5.74, 6) is -1.86. The van der Waals surface area contributed by atoms with Gasteiger partial charge < -0.3 is 10.1 Å². The van der Waals surface area contributed by atoms with Crippen LogP contribution < -0.4 is 9.62 Å². The number of nitrogens with zero attached hydrogens (tertiary/aromatic N) is 1.